The molecule has 1 atom stereocenters. The monoisotopic (exact) mass is 268 g/mol. The van der Waals surface area contributed by atoms with Crippen LogP contribution in [-0.2, 0) is 14.3 Å². The van der Waals surface area contributed by atoms with Gasteiger partial charge in [-0.2, -0.15) is 0 Å². The average molecular weight is 268 g/mol. The Bertz CT molecular complexity index is 319. The predicted octanol–water partition coefficient (Wildman–Crippen LogP) is 3.75. The minimum atomic E-state index is -0.474. The minimum absolute atomic E-state index is 0.00645. The summed E-state index contributed by atoms with van der Waals surface area (Å²) in [7, 11) is 0. The quantitative estimate of drug-likeness (QED) is 0.713. The highest BCUT2D eigenvalue weighted by molar-refractivity contribution is 5.87. The van der Waals surface area contributed by atoms with Crippen molar-refractivity contribution in [3.63, 3.8) is 0 Å². The van der Waals surface area contributed by atoms with Gasteiger partial charge in [0.15, 0.2) is 0 Å². The summed E-state index contributed by atoms with van der Waals surface area (Å²) < 4.78 is 5.37. The van der Waals surface area contributed by atoms with Gasteiger partial charge in [0.25, 0.3) is 0 Å². The number of esters is 1. The molecule has 1 rings (SSSR count). The zero-order valence-electron chi connectivity index (χ0n) is 13.0. The van der Waals surface area contributed by atoms with Crippen molar-refractivity contribution in [3.05, 3.63) is 0 Å². The zero-order chi connectivity index (χ0) is 14.6. The molecule has 1 saturated carbocycles. The van der Waals surface area contributed by atoms with Gasteiger partial charge in [0, 0.05) is 11.8 Å². The molecule has 1 aliphatic rings. The standard InChI is InChI=1S/C16H28O3/c1-11(2)15(18)13(12-8-6-7-9-12)10-14(17)19-16(3,4)5/h11-13H,6-10H2,1-5H3/t13-/m0/s1. The second-order valence-electron chi connectivity index (χ2n) is 7.00. The summed E-state index contributed by atoms with van der Waals surface area (Å²) in [6.07, 6.45) is 4.76. The molecule has 0 aliphatic heterocycles. The van der Waals surface area contributed by atoms with Crippen molar-refractivity contribution >= 4 is 11.8 Å². The van der Waals surface area contributed by atoms with E-state index in [1.165, 1.54) is 12.8 Å². The summed E-state index contributed by atoms with van der Waals surface area (Å²) >= 11 is 0. The van der Waals surface area contributed by atoms with E-state index in [0.29, 0.717) is 5.92 Å². The van der Waals surface area contributed by atoms with E-state index in [0.717, 1.165) is 12.8 Å². The van der Waals surface area contributed by atoms with Gasteiger partial charge in [-0.1, -0.05) is 26.7 Å². The summed E-state index contributed by atoms with van der Waals surface area (Å²) in [5.41, 5.74) is -0.474. The molecule has 1 fully saturated rings. The molecule has 3 nitrogen and oxygen atoms in total. The fourth-order valence-corrected chi connectivity index (χ4v) is 2.85. The van der Waals surface area contributed by atoms with Crippen molar-refractivity contribution in [1.29, 1.82) is 0 Å². The third-order valence-electron chi connectivity index (χ3n) is 3.71. The highest BCUT2D eigenvalue weighted by atomic mass is 16.6. The first-order chi connectivity index (χ1) is 8.70. The molecule has 0 saturated heterocycles. The molecule has 0 heterocycles. The third kappa shape index (κ3) is 5.33. The van der Waals surface area contributed by atoms with E-state index in [4.69, 9.17) is 4.74 Å². The van der Waals surface area contributed by atoms with Gasteiger partial charge >= 0.3 is 5.97 Å². The van der Waals surface area contributed by atoms with Crippen molar-refractivity contribution in [3.8, 4) is 0 Å². The van der Waals surface area contributed by atoms with E-state index in [9.17, 15) is 9.59 Å². The molecule has 0 unspecified atom stereocenters. The topological polar surface area (TPSA) is 43.4 Å². The van der Waals surface area contributed by atoms with Crippen LogP contribution in [0.2, 0.25) is 0 Å². The first-order valence-electron chi connectivity index (χ1n) is 7.46. The van der Waals surface area contributed by atoms with Gasteiger partial charge in [0.05, 0.1) is 6.42 Å². The van der Waals surface area contributed by atoms with Gasteiger partial charge in [0.1, 0.15) is 11.4 Å². The van der Waals surface area contributed by atoms with Gasteiger partial charge < -0.3 is 4.74 Å². The van der Waals surface area contributed by atoms with E-state index in [-0.39, 0.29) is 30.0 Å². The lowest BCUT2D eigenvalue weighted by molar-refractivity contribution is -0.158. The summed E-state index contributed by atoms with van der Waals surface area (Å²) in [5, 5.41) is 0. The second-order valence-corrected chi connectivity index (χ2v) is 7.00. The van der Waals surface area contributed by atoms with Crippen LogP contribution < -0.4 is 0 Å². The maximum Gasteiger partial charge on any atom is 0.307 e. The predicted molar refractivity (Wildman–Crippen MR) is 75.8 cm³/mol. The maximum absolute atomic E-state index is 12.3. The Morgan fingerprint density at radius 2 is 1.68 bits per heavy atom. The van der Waals surface area contributed by atoms with E-state index < -0.39 is 5.60 Å². The normalized spacial score (nSPS) is 18.6. The van der Waals surface area contributed by atoms with Crippen LogP contribution in [0.5, 0.6) is 0 Å². The van der Waals surface area contributed by atoms with Crippen molar-refractivity contribution in [2.24, 2.45) is 17.8 Å². The van der Waals surface area contributed by atoms with Crippen LogP contribution in [-0.4, -0.2) is 17.4 Å². The fraction of sp³-hybridized carbons (Fsp3) is 0.875. The van der Waals surface area contributed by atoms with Crippen LogP contribution in [0.15, 0.2) is 0 Å². The largest absolute Gasteiger partial charge is 0.460 e. The maximum atomic E-state index is 12.3. The Hall–Kier alpha value is -0.860. The van der Waals surface area contributed by atoms with E-state index in [1.807, 2.05) is 34.6 Å². The molecule has 19 heavy (non-hydrogen) atoms. The molecule has 0 bridgehead atoms. The minimum Gasteiger partial charge on any atom is -0.460 e. The Morgan fingerprint density at radius 3 is 2.11 bits per heavy atom. The highest BCUT2D eigenvalue weighted by Crippen LogP contribution is 2.35. The molecule has 3 heteroatoms. The first kappa shape index (κ1) is 16.2. The third-order valence-corrected chi connectivity index (χ3v) is 3.71. The molecule has 0 amide bonds. The van der Waals surface area contributed by atoms with Crippen LogP contribution in [0.25, 0.3) is 0 Å². The van der Waals surface area contributed by atoms with Crippen molar-refractivity contribution in [1.82, 2.24) is 0 Å². The Labute approximate surface area is 117 Å². The lowest BCUT2D eigenvalue weighted by atomic mass is 9.81. The van der Waals surface area contributed by atoms with Crippen molar-refractivity contribution < 1.29 is 14.3 Å². The summed E-state index contributed by atoms with van der Waals surface area (Å²) in [5.74, 6) is 0.212. The fourth-order valence-electron chi connectivity index (χ4n) is 2.85. The smallest absolute Gasteiger partial charge is 0.307 e. The number of ether oxygens (including phenoxy) is 1. The number of carbonyl (C=O) groups excluding carboxylic acids is 2. The molecule has 0 radical (unpaired) electrons. The number of rotatable bonds is 5. The molecule has 0 aromatic rings. The number of carbonyl (C=O) groups is 2. The Kier molecular flexibility index (Phi) is 5.57. The molecule has 1 aliphatic carbocycles. The van der Waals surface area contributed by atoms with E-state index >= 15 is 0 Å². The molecular weight excluding hydrogens is 240 g/mol. The van der Waals surface area contributed by atoms with Gasteiger partial charge in [-0.3, -0.25) is 9.59 Å². The van der Waals surface area contributed by atoms with E-state index in [2.05, 4.69) is 0 Å². The summed E-state index contributed by atoms with van der Waals surface area (Å²) in [4.78, 5) is 24.3. The SMILES string of the molecule is CC(C)C(=O)[C@@H](CC(=O)OC(C)(C)C)C1CCCC1. The number of hydrogen-bond acceptors (Lipinski definition) is 3. The molecule has 110 valence electrons. The summed E-state index contributed by atoms with van der Waals surface area (Å²) in [6.45, 7) is 9.41. The second kappa shape index (κ2) is 6.53. The first-order valence-corrected chi connectivity index (χ1v) is 7.46. The number of Topliss-reactive ketones (excluding diaryl/α,β-unsaturated/α-hetero) is 1. The van der Waals surface area contributed by atoms with Gasteiger partial charge in [-0.25, -0.2) is 0 Å². The molecule has 0 spiro atoms. The Balaban J connectivity index is 2.69. The molecular formula is C16H28O3. The molecule has 0 aromatic heterocycles. The van der Waals surface area contributed by atoms with Gasteiger partial charge in [0.2, 0.25) is 0 Å². The van der Waals surface area contributed by atoms with Gasteiger partial charge in [-0.05, 0) is 39.5 Å². The Morgan fingerprint density at radius 1 is 1.16 bits per heavy atom. The zero-order valence-corrected chi connectivity index (χ0v) is 13.0. The highest BCUT2D eigenvalue weighted by Gasteiger charge is 2.34. The van der Waals surface area contributed by atoms with Crippen LogP contribution in [0.1, 0.15) is 66.7 Å². The van der Waals surface area contributed by atoms with Crippen LogP contribution in [0.4, 0.5) is 0 Å². The average Bonchev–Trinajstić information content (AvgIpc) is 2.75. The van der Waals surface area contributed by atoms with Crippen LogP contribution in [0.3, 0.4) is 0 Å². The molecule has 0 N–H and O–H groups in total. The lowest BCUT2D eigenvalue weighted by Gasteiger charge is -2.25. The summed E-state index contributed by atoms with van der Waals surface area (Å²) in [6, 6.07) is 0. The number of hydrogen-bond donors (Lipinski definition) is 0. The van der Waals surface area contributed by atoms with Crippen molar-refractivity contribution in [2.75, 3.05) is 0 Å². The number of ketones is 1. The van der Waals surface area contributed by atoms with Gasteiger partial charge in [-0.15, -0.1) is 0 Å². The van der Waals surface area contributed by atoms with Crippen molar-refractivity contribution in [2.45, 2.75) is 72.3 Å². The van der Waals surface area contributed by atoms with Crippen LogP contribution in [0, 0.1) is 17.8 Å². The lowest BCUT2D eigenvalue weighted by Crippen LogP contribution is -2.32. The molecule has 0 aromatic carbocycles. The van der Waals surface area contributed by atoms with Crippen LogP contribution >= 0.6 is 0 Å². The van der Waals surface area contributed by atoms with E-state index in [1.54, 1.807) is 0 Å².